The topological polar surface area (TPSA) is 41.6 Å². The van der Waals surface area contributed by atoms with E-state index in [0.29, 0.717) is 16.5 Å². The second-order valence-electron chi connectivity index (χ2n) is 4.15. The smallest absolute Gasteiger partial charge is 0.224 e. The number of hydrogen-bond acceptors (Lipinski definition) is 2. The lowest BCUT2D eigenvalue weighted by molar-refractivity contribution is -0.121. The van der Waals surface area contributed by atoms with Crippen molar-refractivity contribution in [3.8, 4) is 0 Å². The van der Waals surface area contributed by atoms with Crippen LogP contribution in [0.3, 0.4) is 0 Å². The molecule has 1 aromatic carbocycles. The molecule has 0 spiro atoms. The highest BCUT2D eigenvalue weighted by Crippen LogP contribution is 2.22. The Kier molecular flexibility index (Phi) is 3.92. The minimum Gasteiger partial charge on any atom is -0.371 e. The monoisotopic (exact) mass is 273 g/mol. The second kappa shape index (κ2) is 5.25. The van der Waals surface area contributed by atoms with Crippen molar-refractivity contribution in [1.29, 1.82) is 0 Å². The molecule has 1 heterocycles. The second-order valence-corrected chi connectivity index (χ2v) is 4.97. The lowest BCUT2D eigenvalue weighted by atomic mass is 10.1. The number of ether oxygens (including phenoxy) is 1. The summed E-state index contributed by atoms with van der Waals surface area (Å²) in [5.41, 5.74) is 0.848. The number of rotatable bonds is 4. The molecule has 0 aliphatic carbocycles. The summed E-state index contributed by atoms with van der Waals surface area (Å²) in [4.78, 5) is 11.7. The van der Waals surface area contributed by atoms with Gasteiger partial charge in [-0.25, -0.2) is 0 Å². The van der Waals surface area contributed by atoms with Gasteiger partial charge in [-0.3, -0.25) is 4.79 Å². The number of carbonyl (C=O) groups is 1. The highest BCUT2D eigenvalue weighted by Gasteiger charge is 2.30. The number of epoxide rings is 1. The number of benzene rings is 1. The molecule has 2 atom stereocenters. The van der Waals surface area contributed by atoms with Crippen molar-refractivity contribution in [2.24, 2.45) is 0 Å². The van der Waals surface area contributed by atoms with Gasteiger partial charge < -0.3 is 10.1 Å². The van der Waals surface area contributed by atoms with Gasteiger partial charge in [0.15, 0.2) is 0 Å². The van der Waals surface area contributed by atoms with Gasteiger partial charge in [0.1, 0.15) is 6.10 Å². The van der Waals surface area contributed by atoms with Gasteiger partial charge in [-0.05, 0) is 24.6 Å². The summed E-state index contributed by atoms with van der Waals surface area (Å²) in [6, 6.07) is 5.26. The first-order chi connectivity index (χ1) is 8.06. The van der Waals surface area contributed by atoms with E-state index < -0.39 is 0 Å². The third-order valence-corrected chi connectivity index (χ3v) is 3.39. The van der Waals surface area contributed by atoms with Crippen molar-refractivity contribution in [2.75, 3.05) is 6.61 Å². The van der Waals surface area contributed by atoms with E-state index in [-0.39, 0.29) is 18.1 Å². The average Bonchev–Trinajstić information content (AvgIpc) is 3.06. The van der Waals surface area contributed by atoms with Crippen LogP contribution in [0.1, 0.15) is 12.5 Å². The van der Waals surface area contributed by atoms with E-state index >= 15 is 0 Å². The molecule has 2 rings (SSSR count). The van der Waals surface area contributed by atoms with Gasteiger partial charge in [-0.2, -0.15) is 0 Å². The molecule has 5 heteroatoms. The Morgan fingerprint density at radius 1 is 1.53 bits per heavy atom. The minimum absolute atomic E-state index is 0.0358. The molecule has 1 amide bonds. The predicted octanol–water partition coefficient (Wildman–Crippen LogP) is 2.44. The van der Waals surface area contributed by atoms with Crippen LogP contribution < -0.4 is 5.32 Å². The van der Waals surface area contributed by atoms with E-state index in [9.17, 15) is 4.79 Å². The molecular weight excluding hydrogens is 261 g/mol. The number of carbonyl (C=O) groups excluding carboxylic acids is 1. The number of halogens is 2. The standard InChI is InChI=1S/C12H13Cl2NO2/c1-7(11-6-17-11)15-12(16)5-8-2-3-9(13)10(14)4-8/h2-4,7,11H,5-6H2,1H3,(H,15,16). The number of nitrogens with one attached hydrogen (secondary N) is 1. The van der Waals surface area contributed by atoms with Crippen molar-refractivity contribution in [1.82, 2.24) is 5.32 Å². The summed E-state index contributed by atoms with van der Waals surface area (Å²) >= 11 is 11.7. The van der Waals surface area contributed by atoms with Crippen LogP contribution in [0.25, 0.3) is 0 Å². The molecule has 1 aromatic rings. The van der Waals surface area contributed by atoms with Crippen LogP contribution in [0.5, 0.6) is 0 Å². The van der Waals surface area contributed by atoms with Crippen LogP contribution in [0, 0.1) is 0 Å². The molecule has 3 nitrogen and oxygen atoms in total. The molecule has 0 aromatic heterocycles. The van der Waals surface area contributed by atoms with Gasteiger partial charge in [0.05, 0.1) is 29.1 Å². The summed E-state index contributed by atoms with van der Waals surface area (Å²) in [7, 11) is 0. The minimum atomic E-state index is -0.0358. The maximum Gasteiger partial charge on any atom is 0.224 e. The van der Waals surface area contributed by atoms with E-state index in [1.54, 1.807) is 18.2 Å². The molecule has 1 fully saturated rings. The molecule has 2 unspecified atom stereocenters. The largest absolute Gasteiger partial charge is 0.371 e. The Balaban J connectivity index is 1.90. The van der Waals surface area contributed by atoms with Crippen LogP contribution in [0.2, 0.25) is 10.0 Å². The van der Waals surface area contributed by atoms with Crippen LogP contribution >= 0.6 is 23.2 Å². The molecule has 1 aliphatic rings. The Morgan fingerprint density at radius 3 is 2.82 bits per heavy atom. The van der Waals surface area contributed by atoms with Crippen molar-refractivity contribution in [2.45, 2.75) is 25.5 Å². The first-order valence-electron chi connectivity index (χ1n) is 5.41. The van der Waals surface area contributed by atoms with Crippen molar-refractivity contribution in [3.05, 3.63) is 33.8 Å². The Bertz CT molecular complexity index is 433. The zero-order chi connectivity index (χ0) is 12.4. The zero-order valence-corrected chi connectivity index (χ0v) is 10.9. The summed E-state index contributed by atoms with van der Waals surface area (Å²) in [5.74, 6) is -0.0358. The van der Waals surface area contributed by atoms with Gasteiger partial charge in [-0.15, -0.1) is 0 Å². The lowest BCUT2D eigenvalue weighted by Crippen LogP contribution is -2.37. The van der Waals surface area contributed by atoms with E-state index in [4.69, 9.17) is 27.9 Å². The third-order valence-electron chi connectivity index (χ3n) is 2.65. The zero-order valence-electron chi connectivity index (χ0n) is 9.37. The SMILES string of the molecule is CC(NC(=O)Cc1ccc(Cl)c(Cl)c1)C1CO1. The lowest BCUT2D eigenvalue weighted by Gasteiger charge is -2.11. The molecule has 1 N–H and O–H groups in total. The molecule has 0 radical (unpaired) electrons. The number of amides is 1. The predicted molar refractivity (Wildman–Crippen MR) is 67.5 cm³/mol. The molecule has 1 aliphatic heterocycles. The maximum atomic E-state index is 11.7. The van der Waals surface area contributed by atoms with Gasteiger partial charge in [0.2, 0.25) is 5.91 Å². The Labute approximate surface area is 110 Å². The summed E-state index contributed by atoms with van der Waals surface area (Å²) in [6.07, 6.45) is 0.473. The van der Waals surface area contributed by atoms with E-state index in [1.165, 1.54) is 0 Å². The Morgan fingerprint density at radius 2 is 2.24 bits per heavy atom. The van der Waals surface area contributed by atoms with Crippen LogP contribution in [-0.2, 0) is 16.0 Å². The molecule has 1 saturated heterocycles. The normalized spacial score (nSPS) is 19.8. The highest BCUT2D eigenvalue weighted by molar-refractivity contribution is 6.42. The fraction of sp³-hybridized carbons (Fsp3) is 0.417. The quantitative estimate of drug-likeness (QED) is 0.857. The maximum absolute atomic E-state index is 11.7. The fourth-order valence-corrected chi connectivity index (χ4v) is 1.90. The summed E-state index contributed by atoms with van der Waals surface area (Å²) < 4.78 is 5.10. The molecule has 17 heavy (non-hydrogen) atoms. The highest BCUT2D eigenvalue weighted by atomic mass is 35.5. The van der Waals surface area contributed by atoms with Crippen LogP contribution in [0.15, 0.2) is 18.2 Å². The first kappa shape index (κ1) is 12.7. The van der Waals surface area contributed by atoms with E-state index in [2.05, 4.69) is 5.32 Å². The van der Waals surface area contributed by atoms with Crippen LogP contribution in [0.4, 0.5) is 0 Å². The Hall–Kier alpha value is -0.770. The van der Waals surface area contributed by atoms with E-state index in [0.717, 1.165) is 12.2 Å². The molecule has 92 valence electrons. The molecule has 0 bridgehead atoms. The molecule has 0 saturated carbocycles. The molecular formula is C12H13Cl2NO2. The van der Waals surface area contributed by atoms with E-state index in [1.807, 2.05) is 6.92 Å². The van der Waals surface area contributed by atoms with Gasteiger partial charge in [0, 0.05) is 0 Å². The van der Waals surface area contributed by atoms with Crippen molar-refractivity contribution < 1.29 is 9.53 Å². The van der Waals surface area contributed by atoms with Crippen molar-refractivity contribution in [3.63, 3.8) is 0 Å². The van der Waals surface area contributed by atoms with Crippen molar-refractivity contribution >= 4 is 29.1 Å². The van der Waals surface area contributed by atoms with Gasteiger partial charge in [0.25, 0.3) is 0 Å². The first-order valence-corrected chi connectivity index (χ1v) is 6.17. The van der Waals surface area contributed by atoms with Crippen LogP contribution in [-0.4, -0.2) is 24.7 Å². The summed E-state index contributed by atoms with van der Waals surface area (Å²) in [5, 5.41) is 3.85. The summed E-state index contributed by atoms with van der Waals surface area (Å²) in [6.45, 7) is 2.67. The fourth-order valence-electron chi connectivity index (χ4n) is 1.58. The third kappa shape index (κ3) is 3.60. The average molecular weight is 274 g/mol. The number of hydrogen-bond donors (Lipinski definition) is 1. The van der Waals surface area contributed by atoms with Gasteiger partial charge in [-0.1, -0.05) is 29.3 Å². The van der Waals surface area contributed by atoms with Gasteiger partial charge >= 0.3 is 0 Å².